The standard InChI is InChI=1S/C16H17ClO2/c1-11-3-8-15(12(2)9-11)16(18)10-19-14-6-4-13(17)5-7-14/h3-9,16,18H,10H2,1-2H3. The fourth-order valence-electron chi connectivity index (χ4n) is 2.00. The Labute approximate surface area is 118 Å². The average molecular weight is 277 g/mol. The summed E-state index contributed by atoms with van der Waals surface area (Å²) in [4.78, 5) is 0. The predicted octanol–water partition coefficient (Wildman–Crippen LogP) is 4.07. The Morgan fingerprint density at radius 3 is 2.42 bits per heavy atom. The Hall–Kier alpha value is -1.51. The third kappa shape index (κ3) is 3.72. The van der Waals surface area contributed by atoms with Gasteiger partial charge in [0.2, 0.25) is 0 Å². The molecule has 2 aromatic carbocycles. The van der Waals surface area contributed by atoms with Gasteiger partial charge in [-0.25, -0.2) is 0 Å². The maximum Gasteiger partial charge on any atom is 0.119 e. The van der Waals surface area contributed by atoms with Crippen LogP contribution in [0.1, 0.15) is 22.8 Å². The molecule has 0 aliphatic rings. The van der Waals surface area contributed by atoms with Crippen molar-refractivity contribution in [3.8, 4) is 5.75 Å². The molecule has 1 unspecified atom stereocenters. The molecule has 0 amide bonds. The first-order valence-corrected chi connectivity index (χ1v) is 6.57. The molecule has 2 nitrogen and oxygen atoms in total. The van der Waals surface area contributed by atoms with E-state index in [2.05, 4.69) is 6.07 Å². The second-order valence-electron chi connectivity index (χ2n) is 4.64. The van der Waals surface area contributed by atoms with Crippen molar-refractivity contribution < 1.29 is 9.84 Å². The van der Waals surface area contributed by atoms with Gasteiger partial charge in [-0.2, -0.15) is 0 Å². The molecular formula is C16H17ClO2. The summed E-state index contributed by atoms with van der Waals surface area (Å²) in [5.41, 5.74) is 3.17. The lowest BCUT2D eigenvalue weighted by atomic mass is 10.0. The third-order valence-electron chi connectivity index (χ3n) is 3.01. The minimum absolute atomic E-state index is 0.228. The topological polar surface area (TPSA) is 29.5 Å². The van der Waals surface area contributed by atoms with Crippen LogP contribution in [0.25, 0.3) is 0 Å². The highest BCUT2D eigenvalue weighted by molar-refractivity contribution is 6.30. The molecule has 0 aliphatic carbocycles. The highest BCUT2D eigenvalue weighted by atomic mass is 35.5. The normalized spacial score (nSPS) is 12.2. The monoisotopic (exact) mass is 276 g/mol. The zero-order valence-electron chi connectivity index (χ0n) is 11.1. The van der Waals surface area contributed by atoms with Crippen LogP contribution in [-0.4, -0.2) is 11.7 Å². The molecule has 19 heavy (non-hydrogen) atoms. The lowest BCUT2D eigenvalue weighted by molar-refractivity contribution is 0.107. The zero-order chi connectivity index (χ0) is 13.8. The van der Waals surface area contributed by atoms with Gasteiger partial charge >= 0.3 is 0 Å². The minimum atomic E-state index is -0.628. The van der Waals surface area contributed by atoms with E-state index in [0.29, 0.717) is 10.8 Å². The number of rotatable bonds is 4. The van der Waals surface area contributed by atoms with Crippen LogP contribution in [-0.2, 0) is 0 Å². The van der Waals surface area contributed by atoms with Gasteiger partial charge in [0.05, 0.1) is 0 Å². The van der Waals surface area contributed by atoms with Gasteiger partial charge in [0.15, 0.2) is 0 Å². The third-order valence-corrected chi connectivity index (χ3v) is 3.26. The van der Waals surface area contributed by atoms with Crippen LogP contribution in [0.2, 0.25) is 5.02 Å². The number of aliphatic hydroxyl groups is 1. The highest BCUT2D eigenvalue weighted by Gasteiger charge is 2.11. The number of aryl methyl sites for hydroxylation is 2. The SMILES string of the molecule is Cc1ccc(C(O)COc2ccc(Cl)cc2)c(C)c1. The number of hydrogen-bond donors (Lipinski definition) is 1. The molecule has 0 heterocycles. The summed E-state index contributed by atoms with van der Waals surface area (Å²) in [7, 11) is 0. The molecule has 0 radical (unpaired) electrons. The van der Waals surface area contributed by atoms with Gasteiger partial charge in [-0.15, -0.1) is 0 Å². The van der Waals surface area contributed by atoms with E-state index in [1.54, 1.807) is 24.3 Å². The molecule has 100 valence electrons. The Kier molecular flexibility index (Phi) is 4.46. The van der Waals surface area contributed by atoms with Crippen molar-refractivity contribution >= 4 is 11.6 Å². The maximum atomic E-state index is 10.2. The number of ether oxygens (including phenoxy) is 1. The second kappa shape index (κ2) is 6.09. The smallest absolute Gasteiger partial charge is 0.119 e. The van der Waals surface area contributed by atoms with E-state index >= 15 is 0 Å². The first kappa shape index (κ1) is 13.9. The Morgan fingerprint density at radius 2 is 1.79 bits per heavy atom. The van der Waals surface area contributed by atoms with Crippen molar-refractivity contribution in [2.45, 2.75) is 20.0 Å². The highest BCUT2D eigenvalue weighted by Crippen LogP contribution is 2.21. The largest absolute Gasteiger partial charge is 0.491 e. The number of hydrogen-bond acceptors (Lipinski definition) is 2. The molecule has 3 heteroatoms. The van der Waals surface area contributed by atoms with Gasteiger partial charge < -0.3 is 9.84 Å². The minimum Gasteiger partial charge on any atom is -0.491 e. The molecule has 0 bridgehead atoms. The van der Waals surface area contributed by atoms with Gasteiger partial charge in [0, 0.05) is 5.02 Å². The van der Waals surface area contributed by atoms with Crippen LogP contribution in [0.15, 0.2) is 42.5 Å². The van der Waals surface area contributed by atoms with E-state index in [4.69, 9.17) is 16.3 Å². The van der Waals surface area contributed by atoms with Gasteiger partial charge in [0.25, 0.3) is 0 Å². The van der Waals surface area contributed by atoms with Crippen LogP contribution < -0.4 is 4.74 Å². The summed E-state index contributed by atoms with van der Waals surface area (Å²) < 4.78 is 5.55. The van der Waals surface area contributed by atoms with Crippen LogP contribution in [0.3, 0.4) is 0 Å². The lowest BCUT2D eigenvalue weighted by Crippen LogP contribution is -2.11. The van der Waals surface area contributed by atoms with E-state index in [9.17, 15) is 5.11 Å². The van der Waals surface area contributed by atoms with Crippen molar-refractivity contribution in [1.29, 1.82) is 0 Å². The quantitative estimate of drug-likeness (QED) is 0.912. The van der Waals surface area contributed by atoms with Crippen LogP contribution >= 0.6 is 11.6 Å². The van der Waals surface area contributed by atoms with E-state index < -0.39 is 6.10 Å². The molecule has 0 aromatic heterocycles. The van der Waals surface area contributed by atoms with E-state index in [1.807, 2.05) is 26.0 Å². The van der Waals surface area contributed by atoms with Crippen molar-refractivity contribution in [3.63, 3.8) is 0 Å². The van der Waals surface area contributed by atoms with Crippen LogP contribution in [0.4, 0.5) is 0 Å². The molecule has 2 aromatic rings. The summed E-state index contributed by atoms with van der Waals surface area (Å²) in [5.74, 6) is 0.702. The van der Waals surface area contributed by atoms with E-state index in [1.165, 1.54) is 5.56 Å². The van der Waals surface area contributed by atoms with Crippen LogP contribution in [0.5, 0.6) is 5.75 Å². The molecule has 0 spiro atoms. The molecule has 1 N–H and O–H groups in total. The molecule has 0 saturated carbocycles. The summed E-state index contributed by atoms with van der Waals surface area (Å²) in [6.45, 7) is 4.26. The summed E-state index contributed by atoms with van der Waals surface area (Å²) in [5, 5.41) is 10.8. The van der Waals surface area contributed by atoms with Gasteiger partial charge in [-0.05, 0) is 49.2 Å². The van der Waals surface area contributed by atoms with Crippen LogP contribution in [0, 0.1) is 13.8 Å². The molecule has 1 atom stereocenters. The fourth-order valence-corrected chi connectivity index (χ4v) is 2.12. The number of halogens is 1. The molecule has 2 rings (SSSR count). The van der Waals surface area contributed by atoms with E-state index in [0.717, 1.165) is 11.1 Å². The number of aliphatic hydroxyl groups excluding tert-OH is 1. The summed E-state index contributed by atoms with van der Waals surface area (Å²) >= 11 is 5.80. The van der Waals surface area contributed by atoms with Crippen molar-refractivity contribution in [1.82, 2.24) is 0 Å². The van der Waals surface area contributed by atoms with Gasteiger partial charge in [-0.3, -0.25) is 0 Å². The Morgan fingerprint density at radius 1 is 1.11 bits per heavy atom. The predicted molar refractivity (Wildman–Crippen MR) is 77.8 cm³/mol. The molecule has 0 fully saturated rings. The van der Waals surface area contributed by atoms with Crippen molar-refractivity contribution in [2.75, 3.05) is 6.61 Å². The summed E-state index contributed by atoms with van der Waals surface area (Å²) in [6, 6.07) is 13.1. The Bertz CT molecular complexity index is 549. The lowest BCUT2D eigenvalue weighted by Gasteiger charge is -2.15. The zero-order valence-corrected chi connectivity index (χ0v) is 11.8. The fraction of sp³-hybridized carbons (Fsp3) is 0.250. The average Bonchev–Trinajstić information content (AvgIpc) is 2.37. The summed E-state index contributed by atoms with van der Waals surface area (Å²) in [6.07, 6.45) is -0.628. The maximum absolute atomic E-state index is 10.2. The van der Waals surface area contributed by atoms with Gasteiger partial charge in [0.1, 0.15) is 18.5 Å². The second-order valence-corrected chi connectivity index (χ2v) is 5.08. The number of benzene rings is 2. The first-order valence-electron chi connectivity index (χ1n) is 6.20. The van der Waals surface area contributed by atoms with Gasteiger partial charge in [-0.1, -0.05) is 35.4 Å². The molecule has 0 aliphatic heterocycles. The Balaban J connectivity index is 2.01. The van der Waals surface area contributed by atoms with Crippen molar-refractivity contribution in [3.05, 3.63) is 64.2 Å². The first-order chi connectivity index (χ1) is 9.06. The van der Waals surface area contributed by atoms with E-state index in [-0.39, 0.29) is 6.61 Å². The molecule has 0 saturated heterocycles. The molecular weight excluding hydrogens is 260 g/mol. The van der Waals surface area contributed by atoms with Crippen molar-refractivity contribution in [2.24, 2.45) is 0 Å².